The van der Waals surface area contributed by atoms with Crippen LogP contribution in [0.3, 0.4) is 0 Å². The fourth-order valence-corrected chi connectivity index (χ4v) is 4.32. The van der Waals surface area contributed by atoms with Gasteiger partial charge in [-0.15, -0.1) is 11.3 Å². The normalized spacial score (nSPS) is 25.1. The second-order valence-corrected chi connectivity index (χ2v) is 7.38. The summed E-state index contributed by atoms with van der Waals surface area (Å²) in [5, 5.41) is 0. The Labute approximate surface area is 116 Å². The molecule has 2 rings (SSSR count). The van der Waals surface area contributed by atoms with E-state index in [2.05, 4.69) is 46.8 Å². The van der Waals surface area contributed by atoms with Crippen LogP contribution < -0.4 is 5.73 Å². The molecule has 3 atom stereocenters. The lowest BCUT2D eigenvalue weighted by molar-refractivity contribution is 0.166. The molecule has 1 aromatic rings. The van der Waals surface area contributed by atoms with Crippen LogP contribution in [0.2, 0.25) is 0 Å². The van der Waals surface area contributed by atoms with E-state index in [1.165, 1.54) is 28.0 Å². The summed E-state index contributed by atoms with van der Waals surface area (Å²) in [4.78, 5) is 3.99. The van der Waals surface area contributed by atoms with E-state index in [9.17, 15) is 0 Å². The summed E-state index contributed by atoms with van der Waals surface area (Å²) in [5.41, 5.74) is 6.35. The van der Waals surface area contributed by atoms with Crippen LogP contribution in [0.25, 0.3) is 0 Å². The lowest BCUT2D eigenvalue weighted by Gasteiger charge is -2.34. The molecule has 0 spiro atoms. The van der Waals surface area contributed by atoms with Gasteiger partial charge in [-0.1, -0.05) is 6.92 Å². The molecule has 2 N–H and O–H groups in total. The molecule has 0 aliphatic carbocycles. The van der Waals surface area contributed by atoms with Gasteiger partial charge in [0, 0.05) is 17.0 Å². The number of hydrogen-bond donors (Lipinski definition) is 1. The molecule has 1 aliphatic rings. The summed E-state index contributed by atoms with van der Waals surface area (Å²) < 4.78 is 1.20. The number of nitrogens with two attached hydrogens (primary N) is 1. The minimum Gasteiger partial charge on any atom is -0.326 e. The van der Waals surface area contributed by atoms with Crippen molar-refractivity contribution in [2.24, 2.45) is 5.73 Å². The highest BCUT2D eigenvalue weighted by Gasteiger charge is 2.32. The molecule has 96 valence electrons. The van der Waals surface area contributed by atoms with Gasteiger partial charge in [0.25, 0.3) is 0 Å². The van der Waals surface area contributed by atoms with Gasteiger partial charge in [0.05, 0.1) is 9.83 Å². The van der Waals surface area contributed by atoms with Crippen molar-refractivity contribution >= 4 is 27.3 Å². The van der Waals surface area contributed by atoms with Gasteiger partial charge in [-0.3, -0.25) is 4.90 Å². The number of likely N-dealkylation sites (tertiary alicyclic amines) is 1. The molecule has 1 aliphatic heterocycles. The molecule has 2 heterocycles. The highest BCUT2D eigenvalue weighted by atomic mass is 79.9. The molecular formula is C13H21BrN2S. The fourth-order valence-electron chi connectivity index (χ4n) is 2.70. The molecule has 0 amide bonds. The van der Waals surface area contributed by atoms with E-state index in [0.29, 0.717) is 12.1 Å². The summed E-state index contributed by atoms with van der Waals surface area (Å²) in [6.07, 6.45) is 3.64. The van der Waals surface area contributed by atoms with E-state index in [0.717, 1.165) is 6.42 Å². The lowest BCUT2D eigenvalue weighted by atomic mass is 10.0. The van der Waals surface area contributed by atoms with Crippen molar-refractivity contribution in [1.29, 1.82) is 0 Å². The van der Waals surface area contributed by atoms with Gasteiger partial charge in [-0.2, -0.15) is 0 Å². The third-order valence-electron chi connectivity index (χ3n) is 3.72. The average Bonchev–Trinajstić information content (AvgIpc) is 2.90. The first-order chi connectivity index (χ1) is 8.13. The van der Waals surface area contributed by atoms with Crippen LogP contribution in [0.1, 0.15) is 44.0 Å². The number of hydrogen-bond acceptors (Lipinski definition) is 3. The average molecular weight is 317 g/mol. The Morgan fingerprint density at radius 1 is 1.59 bits per heavy atom. The molecule has 1 fully saturated rings. The van der Waals surface area contributed by atoms with Gasteiger partial charge in [0.15, 0.2) is 0 Å². The van der Waals surface area contributed by atoms with Gasteiger partial charge in [0.1, 0.15) is 0 Å². The van der Waals surface area contributed by atoms with Crippen molar-refractivity contribution in [2.45, 2.75) is 51.2 Å². The van der Waals surface area contributed by atoms with Crippen LogP contribution in [0.15, 0.2) is 15.9 Å². The van der Waals surface area contributed by atoms with Crippen molar-refractivity contribution < 1.29 is 0 Å². The predicted molar refractivity (Wildman–Crippen MR) is 78.4 cm³/mol. The van der Waals surface area contributed by atoms with Crippen molar-refractivity contribution in [3.63, 3.8) is 0 Å². The Morgan fingerprint density at radius 2 is 2.35 bits per heavy atom. The largest absolute Gasteiger partial charge is 0.326 e. The van der Waals surface area contributed by atoms with Gasteiger partial charge >= 0.3 is 0 Å². The van der Waals surface area contributed by atoms with Crippen molar-refractivity contribution in [3.8, 4) is 0 Å². The minimum atomic E-state index is 0.237. The third-order valence-corrected chi connectivity index (χ3v) is 5.42. The highest BCUT2D eigenvalue weighted by Crippen LogP contribution is 2.36. The Bertz CT molecular complexity index is 366. The molecule has 0 saturated carbocycles. The van der Waals surface area contributed by atoms with Crippen molar-refractivity contribution in [1.82, 2.24) is 4.90 Å². The molecule has 0 bridgehead atoms. The van der Waals surface area contributed by atoms with Crippen molar-refractivity contribution in [3.05, 3.63) is 20.8 Å². The molecule has 2 nitrogen and oxygen atoms in total. The van der Waals surface area contributed by atoms with E-state index < -0.39 is 0 Å². The first-order valence-corrected chi connectivity index (χ1v) is 8.01. The maximum Gasteiger partial charge on any atom is 0.0702 e. The molecule has 17 heavy (non-hydrogen) atoms. The maximum absolute atomic E-state index is 6.35. The summed E-state index contributed by atoms with van der Waals surface area (Å²) in [6, 6.07) is 5.66. The molecule has 3 unspecified atom stereocenters. The number of thiophene rings is 1. The first kappa shape index (κ1) is 13.5. The Kier molecular flexibility index (Phi) is 4.64. The van der Waals surface area contributed by atoms with Gasteiger partial charge in [-0.05, 0) is 60.8 Å². The zero-order chi connectivity index (χ0) is 12.4. The lowest BCUT2D eigenvalue weighted by Crippen LogP contribution is -2.42. The standard InChI is InChI=1S/C13H21BrN2S/c1-3-10(15)13(11-6-7-12(14)17-11)16-8-4-5-9(16)2/h6-7,9-10,13H,3-5,8,15H2,1-2H3. The molecule has 1 aromatic heterocycles. The summed E-state index contributed by atoms with van der Waals surface area (Å²) >= 11 is 5.38. The number of nitrogens with zero attached hydrogens (tertiary/aromatic N) is 1. The van der Waals surface area contributed by atoms with Crippen LogP contribution >= 0.6 is 27.3 Å². The first-order valence-electron chi connectivity index (χ1n) is 6.40. The smallest absolute Gasteiger partial charge is 0.0702 e. The van der Waals surface area contributed by atoms with E-state index in [1.807, 2.05) is 11.3 Å². The molecule has 1 saturated heterocycles. The van der Waals surface area contributed by atoms with Crippen LogP contribution in [-0.2, 0) is 0 Å². The van der Waals surface area contributed by atoms with Crippen LogP contribution in [0, 0.1) is 0 Å². The van der Waals surface area contributed by atoms with Crippen LogP contribution in [0.4, 0.5) is 0 Å². The molecule has 0 radical (unpaired) electrons. The molecular weight excluding hydrogens is 296 g/mol. The van der Waals surface area contributed by atoms with Gasteiger partial charge < -0.3 is 5.73 Å². The second kappa shape index (κ2) is 5.83. The minimum absolute atomic E-state index is 0.237. The van der Waals surface area contributed by atoms with Crippen LogP contribution in [0.5, 0.6) is 0 Å². The topological polar surface area (TPSA) is 29.3 Å². The van der Waals surface area contributed by atoms with E-state index in [4.69, 9.17) is 5.73 Å². The zero-order valence-corrected chi connectivity index (χ0v) is 12.9. The highest BCUT2D eigenvalue weighted by molar-refractivity contribution is 9.11. The molecule has 4 heteroatoms. The fraction of sp³-hybridized carbons (Fsp3) is 0.692. The van der Waals surface area contributed by atoms with Gasteiger partial charge in [0.2, 0.25) is 0 Å². The zero-order valence-electron chi connectivity index (χ0n) is 10.5. The summed E-state index contributed by atoms with van der Waals surface area (Å²) in [6.45, 7) is 5.70. The maximum atomic E-state index is 6.35. The number of rotatable bonds is 4. The van der Waals surface area contributed by atoms with Crippen LogP contribution in [-0.4, -0.2) is 23.5 Å². The summed E-state index contributed by atoms with van der Waals surface area (Å²) in [7, 11) is 0. The quantitative estimate of drug-likeness (QED) is 0.916. The Morgan fingerprint density at radius 3 is 2.82 bits per heavy atom. The van der Waals surface area contributed by atoms with E-state index >= 15 is 0 Å². The van der Waals surface area contributed by atoms with E-state index in [1.54, 1.807) is 0 Å². The monoisotopic (exact) mass is 316 g/mol. The SMILES string of the molecule is CCC(N)C(c1ccc(Br)s1)N1CCCC1C. The Balaban J connectivity index is 2.24. The number of halogens is 1. The predicted octanol–water partition coefficient (Wildman–Crippen LogP) is 3.77. The molecule has 0 aromatic carbocycles. The Hall–Kier alpha value is 0.1000. The summed E-state index contributed by atoms with van der Waals surface area (Å²) in [5.74, 6) is 0. The van der Waals surface area contributed by atoms with E-state index in [-0.39, 0.29) is 6.04 Å². The van der Waals surface area contributed by atoms with Gasteiger partial charge in [-0.25, -0.2) is 0 Å². The van der Waals surface area contributed by atoms with Crippen molar-refractivity contribution in [2.75, 3.05) is 6.54 Å². The second-order valence-electron chi connectivity index (χ2n) is 4.89. The third kappa shape index (κ3) is 2.92.